The van der Waals surface area contributed by atoms with Crippen molar-refractivity contribution in [2.45, 2.75) is 6.54 Å². The van der Waals surface area contributed by atoms with Crippen molar-refractivity contribution in [3.8, 4) is 11.8 Å². The molecule has 1 amide bonds. The molecule has 4 rings (SSSR count). The number of hydrogen-bond donors (Lipinski definition) is 0. The first-order chi connectivity index (χ1) is 13.8. The molecule has 0 N–H and O–H groups in total. The van der Waals surface area contributed by atoms with E-state index in [0.717, 1.165) is 43.5 Å². The lowest BCUT2D eigenvalue weighted by Gasteiger charge is -2.35. The summed E-state index contributed by atoms with van der Waals surface area (Å²) >= 11 is 1.43. The van der Waals surface area contributed by atoms with E-state index >= 15 is 0 Å². The van der Waals surface area contributed by atoms with Crippen LogP contribution in [0.1, 0.15) is 11.1 Å². The van der Waals surface area contributed by atoms with Crippen LogP contribution in [-0.4, -0.2) is 47.1 Å². The lowest BCUT2D eigenvalue weighted by Crippen LogP contribution is -2.47. The summed E-state index contributed by atoms with van der Waals surface area (Å²) in [7, 11) is 0. The Labute approximate surface area is 170 Å². The molecule has 0 atom stereocenters. The van der Waals surface area contributed by atoms with E-state index in [1.165, 1.54) is 17.3 Å². The number of allylic oxidation sites excluding steroid dienone is 1. The molecule has 0 bridgehead atoms. The topological polar surface area (TPSA) is 35.9 Å². The molecule has 0 unspecified atom stereocenters. The summed E-state index contributed by atoms with van der Waals surface area (Å²) < 4.78 is 0. The lowest BCUT2D eigenvalue weighted by atomic mass is 10.2. The van der Waals surface area contributed by atoms with Crippen LogP contribution in [0.15, 0.2) is 76.6 Å². The van der Waals surface area contributed by atoms with Crippen LogP contribution < -0.4 is 0 Å². The highest BCUT2D eigenvalue weighted by Gasteiger charge is 2.28. The van der Waals surface area contributed by atoms with Crippen molar-refractivity contribution in [1.82, 2.24) is 9.80 Å². The number of thioether (sulfide) groups is 1. The third kappa shape index (κ3) is 4.72. The predicted molar refractivity (Wildman–Crippen MR) is 115 cm³/mol. The number of hydrogen-bond acceptors (Lipinski definition) is 4. The van der Waals surface area contributed by atoms with E-state index in [9.17, 15) is 4.79 Å². The van der Waals surface area contributed by atoms with Gasteiger partial charge < -0.3 is 4.90 Å². The van der Waals surface area contributed by atoms with Crippen molar-refractivity contribution in [3.63, 3.8) is 0 Å². The highest BCUT2D eigenvalue weighted by atomic mass is 32.2. The van der Waals surface area contributed by atoms with Gasteiger partial charge in [0.15, 0.2) is 5.17 Å². The van der Waals surface area contributed by atoms with Crippen molar-refractivity contribution >= 4 is 22.8 Å². The molecule has 140 valence electrons. The van der Waals surface area contributed by atoms with E-state index in [2.05, 4.69) is 50.9 Å². The Hall–Kier alpha value is -2.81. The van der Waals surface area contributed by atoms with Gasteiger partial charge in [0.2, 0.25) is 0 Å². The van der Waals surface area contributed by atoms with E-state index in [1.807, 2.05) is 36.4 Å². The van der Waals surface area contributed by atoms with Gasteiger partial charge in [-0.2, -0.15) is 4.99 Å². The maximum absolute atomic E-state index is 12.2. The first-order valence-electron chi connectivity index (χ1n) is 9.37. The van der Waals surface area contributed by atoms with Crippen LogP contribution in [0.3, 0.4) is 0 Å². The molecule has 1 saturated heterocycles. The highest BCUT2D eigenvalue weighted by Crippen LogP contribution is 2.28. The van der Waals surface area contributed by atoms with Gasteiger partial charge in [-0.25, -0.2) is 0 Å². The summed E-state index contributed by atoms with van der Waals surface area (Å²) in [6.07, 6.45) is 1.68. The van der Waals surface area contributed by atoms with Crippen LogP contribution in [0.2, 0.25) is 0 Å². The molecule has 2 aromatic rings. The number of nitrogens with zero attached hydrogens (tertiary/aromatic N) is 3. The predicted octanol–water partition coefficient (Wildman–Crippen LogP) is 3.37. The van der Waals surface area contributed by atoms with Gasteiger partial charge >= 0.3 is 0 Å². The van der Waals surface area contributed by atoms with E-state index < -0.39 is 0 Å². The third-order valence-electron chi connectivity index (χ3n) is 4.69. The summed E-state index contributed by atoms with van der Waals surface area (Å²) in [5.41, 5.74) is 2.27. The Morgan fingerprint density at radius 3 is 2.36 bits per heavy atom. The number of aliphatic imine (C=N–C) groups is 1. The van der Waals surface area contributed by atoms with Gasteiger partial charge in [-0.05, 0) is 29.5 Å². The molecule has 2 aliphatic heterocycles. The summed E-state index contributed by atoms with van der Waals surface area (Å²) in [6, 6.07) is 20.3. The average Bonchev–Trinajstić information content (AvgIpc) is 3.11. The lowest BCUT2D eigenvalue weighted by molar-refractivity contribution is -0.113. The molecule has 0 spiro atoms. The maximum Gasteiger partial charge on any atom is 0.286 e. The largest absolute Gasteiger partial charge is 0.348 e. The molecule has 5 heteroatoms. The normalized spacial score (nSPS) is 18.7. The number of carbonyl (C=O) groups is 1. The maximum atomic E-state index is 12.2. The summed E-state index contributed by atoms with van der Waals surface area (Å²) in [6.45, 7) is 4.67. The summed E-state index contributed by atoms with van der Waals surface area (Å²) in [4.78, 5) is 21.7. The van der Waals surface area contributed by atoms with Crippen LogP contribution >= 0.6 is 11.8 Å². The van der Waals surface area contributed by atoms with Crippen LogP contribution in [-0.2, 0) is 11.3 Å². The molecule has 2 aromatic carbocycles. The van der Waals surface area contributed by atoms with Crippen LogP contribution in [0.5, 0.6) is 0 Å². The van der Waals surface area contributed by atoms with Gasteiger partial charge in [-0.3, -0.25) is 9.69 Å². The number of piperazine rings is 1. The molecule has 0 radical (unpaired) electrons. The molecule has 2 aliphatic rings. The Balaban J connectivity index is 1.31. The van der Waals surface area contributed by atoms with Crippen molar-refractivity contribution in [1.29, 1.82) is 0 Å². The van der Waals surface area contributed by atoms with Gasteiger partial charge in [0, 0.05) is 44.4 Å². The molecule has 2 heterocycles. The fourth-order valence-electron chi connectivity index (χ4n) is 3.18. The Bertz CT molecular complexity index is 950. The standard InChI is InChI=1S/C23H21N3OS/c27-22-21(13-7-12-19-8-3-1-4-9-19)28-23(24-22)26-16-14-25(15-17-26)18-20-10-5-2-6-11-20/h1-6,8-11,13H,14-18H2/b21-13-. The fraction of sp³-hybridized carbons (Fsp3) is 0.217. The van der Waals surface area contributed by atoms with Crippen LogP contribution in [0.25, 0.3) is 0 Å². The van der Waals surface area contributed by atoms with Crippen molar-refractivity contribution in [2.24, 2.45) is 4.99 Å². The van der Waals surface area contributed by atoms with Crippen molar-refractivity contribution in [2.75, 3.05) is 26.2 Å². The number of amidine groups is 1. The minimum atomic E-state index is -0.186. The molecular weight excluding hydrogens is 366 g/mol. The molecular formula is C23H21N3OS. The second-order valence-corrected chi connectivity index (χ2v) is 7.70. The number of carbonyl (C=O) groups excluding carboxylic acids is 1. The van der Waals surface area contributed by atoms with Gasteiger partial charge in [0.05, 0.1) is 4.91 Å². The van der Waals surface area contributed by atoms with Crippen molar-refractivity contribution in [3.05, 3.63) is 82.8 Å². The fourth-order valence-corrected chi connectivity index (χ4v) is 4.07. The quantitative estimate of drug-likeness (QED) is 0.585. The minimum Gasteiger partial charge on any atom is -0.348 e. The van der Waals surface area contributed by atoms with E-state index in [1.54, 1.807) is 6.08 Å². The van der Waals surface area contributed by atoms with E-state index in [0.29, 0.717) is 4.91 Å². The Morgan fingerprint density at radius 1 is 0.964 bits per heavy atom. The molecule has 0 aliphatic carbocycles. The SMILES string of the molecule is O=C1N=C(N2CCN(Cc3ccccc3)CC2)S/C1=C\C#Cc1ccccc1. The van der Waals surface area contributed by atoms with Gasteiger partial charge in [-0.15, -0.1) is 0 Å². The van der Waals surface area contributed by atoms with Gasteiger partial charge in [0.1, 0.15) is 0 Å². The molecule has 0 saturated carbocycles. The number of rotatable bonds is 2. The highest BCUT2D eigenvalue weighted by molar-refractivity contribution is 8.18. The minimum absolute atomic E-state index is 0.186. The molecule has 4 nitrogen and oxygen atoms in total. The summed E-state index contributed by atoms with van der Waals surface area (Å²) in [5.74, 6) is 5.84. The van der Waals surface area contributed by atoms with E-state index in [4.69, 9.17) is 0 Å². The van der Waals surface area contributed by atoms with Crippen LogP contribution in [0.4, 0.5) is 0 Å². The van der Waals surface area contributed by atoms with Crippen LogP contribution in [0, 0.1) is 11.8 Å². The average molecular weight is 388 g/mol. The van der Waals surface area contributed by atoms with Gasteiger partial charge in [-0.1, -0.05) is 60.4 Å². The zero-order chi connectivity index (χ0) is 19.2. The second kappa shape index (κ2) is 8.92. The number of benzene rings is 2. The molecule has 1 fully saturated rings. The first-order valence-corrected chi connectivity index (χ1v) is 10.2. The zero-order valence-electron chi connectivity index (χ0n) is 15.5. The first kappa shape index (κ1) is 18.5. The van der Waals surface area contributed by atoms with E-state index in [-0.39, 0.29) is 5.91 Å². The monoisotopic (exact) mass is 387 g/mol. The van der Waals surface area contributed by atoms with Crippen molar-refractivity contribution < 1.29 is 4.79 Å². The Morgan fingerprint density at radius 2 is 1.64 bits per heavy atom. The van der Waals surface area contributed by atoms with Gasteiger partial charge in [0.25, 0.3) is 5.91 Å². The summed E-state index contributed by atoms with van der Waals surface area (Å²) in [5, 5.41) is 0.803. The molecule has 0 aromatic heterocycles. The molecule has 28 heavy (non-hydrogen) atoms. The smallest absolute Gasteiger partial charge is 0.286 e. The third-order valence-corrected chi connectivity index (χ3v) is 5.74. The zero-order valence-corrected chi connectivity index (χ0v) is 16.4. The second-order valence-electron chi connectivity index (χ2n) is 6.69. The number of amides is 1. The Kier molecular flexibility index (Phi) is 5.91.